The lowest BCUT2D eigenvalue weighted by molar-refractivity contribution is 0.0958. The molecule has 0 radical (unpaired) electrons. The number of pyridine rings is 1. The number of hydrogen-bond donors (Lipinski definition) is 1. The van der Waals surface area contributed by atoms with E-state index in [4.69, 9.17) is 0 Å². The summed E-state index contributed by atoms with van der Waals surface area (Å²) in [5, 5.41) is 2.50. The summed E-state index contributed by atoms with van der Waals surface area (Å²) < 4.78 is 0. The predicted octanol–water partition coefficient (Wildman–Crippen LogP) is 2.02. The van der Waals surface area contributed by atoms with E-state index in [1.807, 2.05) is 26.8 Å². The summed E-state index contributed by atoms with van der Waals surface area (Å²) >= 11 is 0. The highest BCUT2D eigenvalue weighted by molar-refractivity contribution is 5.91. The number of carbonyl (C=O) groups is 1. The first kappa shape index (κ1) is 11.6. The van der Waals surface area contributed by atoms with Gasteiger partial charge in [-0.25, -0.2) is 0 Å². The monoisotopic (exact) mass is 182 g/mol. The Kier molecular flexibility index (Phi) is 5.52. The summed E-state index contributed by atoms with van der Waals surface area (Å²) in [7, 11) is 1.59. The van der Waals surface area contributed by atoms with E-state index in [1.165, 1.54) is 0 Å². The number of carbonyl (C=O) groups excluding carboxylic acids is 1. The molecular formula is C10H18N2O. The molecule has 1 aromatic rings. The summed E-state index contributed by atoms with van der Waals surface area (Å²) in [5.41, 5.74) is 1.51. The van der Waals surface area contributed by atoms with Gasteiger partial charge in [-0.05, 0) is 18.6 Å². The Morgan fingerprint density at radius 1 is 1.46 bits per heavy atom. The number of amides is 1. The highest BCUT2D eigenvalue weighted by Gasteiger charge is 2.01. The topological polar surface area (TPSA) is 42.0 Å². The van der Waals surface area contributed by atoms with Crippen molar-refractivity contribution in [2.75, 3.05) is 7.05 Å². The molecule has 0 aliphatic heterocycles. The van der Waals surface area contributed by atoms with Crippen LogP contribution >= 0.6 is 0 Å². The van der Waals surface area contributed by atoms with Crippen LogP contribution in [0.15, 0.2) is 18.3 Å². The van der Waals surface area contributed by atoms with Gasteiger partial charge >= 0.3 is 0 Å². The first-order valence-electron chi connectivity index (χ1n) is 4.39. The summed E-state index contributed by atoms with van der Waals surface area (Å²) in [6.45, 7) is 5.93. The Hall–Kier alpha value is -1.38. The molecular weight excluding hydrogens is 164 g/mol. The third-order valence-corrected chi connectivity index (χ3v) is 1.37. The van der Waals surface area contributed by atoms with Crippen molar-refractivity contribution in [3.05, 3.63) is 29.6 Å². The van der Waals surface area contributed by atoms with Crippen LogP contribution in [-0.4, -0.2) is 17.9 Å². The van der Waals surface area contributed by atoms with Crippen molar-refractivity contribution < 1.29 is 6.22 Å². The first-order chi connectivity index (χ1) is 6.24. The van der Waals surface area contributed by atoms with Crippen LogP contribution in [0.5, 0.6) is 0 Å². The van der Waals surface area contributed by atoms with Crippen LogP contribution in [0, 0.1) is 6.92 Å². The van der Waals surface area contributed by atoms with Crippen molar-refractivity contribution in [3.63, 3.8) is 0 Å². The van der Waals surface area contributed by atoms with Gasteiger partial charge in [0, 0.05) is 14.7 Å². The van der Waals surface area contributed by atoms with Crippen molar-refractivity contribution in [2.24, 2.45) is 0 Å². The molecule has 1 amide bonds. The van der Waals surface area contributed by atoms with Gasteiger partial charge in [0.15, 0.2) is 0 Å². The van der Waals surface area contributed by atoms with E-state index in [0.29, 0.717) is 5.69 Å². The van der Waals surface area contributed by atoms with Gasteiger partial charge in [-0.15, -0.1) is 0 Å². The minimum Gasteiger partial charge on any atom is -0.354 e. The molecule has 3 nitrogen and oxygen atoms in total. The maximum Gasteiger partial charge on any atom is 0.269 e. The Morgan fingerprint density at radius 2 is 2.08 bits per heavy atom. The molecule has 0 aliphatic rings. The molecule has 0 aliphatic carbocycles. The summed E-state index contributed by atoms with van der Waals surface area (Å²) in [6.07, 6.45) is 1.67. The number of nitrogens with one attached hydrogen (secondary N) is 1. The number of nitrogens with zero attached hydrogens (tertiary/aromatic N) is 1. The molecule has 3 heteroatoms. The molecule has 1 N–H and O–H groups in total. The molecule has 0 unspecified atom stereocenters. The summed E-state index contributed by atoms with van der Waals surface area (Å²) in [6, 6.07) is 3.56. The molecule has 0 saturated heterocycles. The number of rotatable bonds is 1. The SMILES string of the molecule is CC.CNC(=O)c1ccc(C)cn1.[HH]. The van der Waals surface area contributed by atoms with Crippen LogP contribution in [-0.2, 0) is 0 Å². The third kappa shape index (κ3) is 3.69. The van der Waals surface area contributed by atoms with Crippen LogP contribution in [0.3, 0.4) is 0 Å². The highest BCUT2D eigenvalue weighted by Crippen LogP contribution is 1.97. The Labute approximate surface area is 80.7 Å². The zero-order valence-electron chi connectivity index (χ0n) is 8.59. The highest BCUT2D eigenvalue weighted by atomic mass is 16.1. The molecule has 0 atom stereocenters. The molecule has 0 spiro atoms. The van der Waals surface area contributed by atoms with E-state index in [1.54, 1.807) is 19.3 Å². The normalized spacial score (nSPS) is 8.31. The molecule has 0 saturated carbocycles. The van der Waals surface area contributed by atoms with Crippen molar-refractivity contribution >= 4 is 5.91 Å². The van der Waals surface area contributed by atoms with Crippen LogP contribution in [0.1, 0.15) is 31.3 Å². The van der Waals surface area contributed by atoms with Crippen LogP contribution in [0.4, 0.5) is 0 Å². The maximum atomic E-state index is 11.0. The fraction of sp³-hybridized carbons (Fsp3) is 0.400. The molecule has 1 rings (SSSR count). The number of hydrogen-bond acceptors (Lipinski definition) is 2. The van der Waals surface area contributed by atoms with E-state index in [2.05, 4.69) is 10.3 Å². The van der Waals surface area contributed by atoms with Gasteiger partial charge in [-0.2, -0.15) is 0 Å². The number of aromatic nitrogens is 1. The van der Waals surface area contributed by atoms with E-state index >= 15 is 0 Å². The van der Waals surface area contributed by atoms with Gasteiger partial charge in [-0.1, -0.05) is 19.9 Å². The largest absolute Gasteiger partial charge is 0.354 e. The first-order valence-corrected chi connectivity index (χ1v) is 4.39. The summed E-state index contributed by atoms with van der Waals surface area (Å²) in [4.78, 5) is 14.9. The maximum absolute atomic E-state index is 11.0. The Bertz CT molecular complexity index is 259. The second-order valence-corrected chi connectivity index (χ2v) is 2.30. The Balaban J connectivity index is 0. The number of aryl methyl sites for hydroxylation is 1. The van der Waals surface area contributed by atoms with E-state index in [-0.39, 0.29) is 7.33 Å². The molecule has 0 bridgehead atoms. The van der Waals surface area contributed by atoms with Crippen LogP contribution < -0.4 is 5.32 Å². The molecule has 13 heavy (non-hydrogen) atoms. The smallest absolute Gasteiger partial charge is 0.269 e. The zero-order chi connectivity index (χ0) is 10.3. The van der Waals surface area contributed by atoms with Crippen LogP contribution in [0.2, 0.25) is 0 Å². The van der Waals surface area contributed by atoms with Gasteiger partial charge in [0.1, 0.15) is 5.69 Å². The van der Waals surface area contributed by atoms with E-state index < -0.39 is 0 Å². The zero-order valence-corrected chi connectivity index (χ0v) is 8.59. The van der Waals surface area contributed by atoms with Gasteiger partial charge in [0.25, 0.3) is 5.91 Å². The molecule has 74 valence electrons. The fourth-order valence-corrected chi connectivity index (χ4v) is 0.730. The lowest BCUT2D eigenvalue weighted by atomic mass is 10.3. The molecule has 0 aromatic carbocycles. The average molecular weight is 182 g/mol. The van der Waals surface area contributed by atoms with Gasteiger partial charge in [0.05, 0.1) is 0 Å². The van der Waals surface area contributed by atoms with Crippen molar-refractivity contribution in [2.45, 2.75) is 20.8 Å². The second-order valence-electron chi connectivity index (χ2n) is 2.30. The van der Waals surface area contributed by atoms with Gasteiger partial charge in [-0.3, -0.25) is 9.78 Å². The van der Waals surface area contributed by atoms with Crippen molar-refractivity contribution in [1.82, 2.24) is 10.3 Å². The van der Waals surface area contributed by atoms with E-state index in [9.17, 15) is 4.79 Å². The molecule has 1 heterocycles. The van der Waals surface area contributed by atoms with Crippen molar-refractivity contribution in [3.8, 4) is 0 Å². The quantitative estimate of drug-likeness (QED) is 0.722. The van der Waals surface area contributed by atoms with Crippen LogP contribution in [0.25, 0.3) is 0 Å². The third-order valence-electron chi connectivity index (χ3n) is 1.37. The lowest BCUT2D eigenvalue weighted by Gasteiger charge is -1.97. The second kappa shape index (κ2) is 6.17. The average Bonchev–Trinajstić information content (AvgIpc) is 2.21. The van der Waals surface area contributed by atoms with Gasteiger partial charge in [0.2, 0.25) is 0 Å². The van der Waals surface area contributed by atoms with Gasteiger partial charge < -0.3 is 5.32 Å². The lowest BCUT2D eigenvalue weighted by Crippen LogP contribution is -2.18. The minimum absolute atomic E-state index is 0. The van der Waals surface area contributed by atoms with Crippen molar-refractivity contribution in [1.29, 1.82) is 0 Å². The molecule has 0 fully saturated rings. The fourth-order valence-electron chi connectivity index (χ4n) is 0.730. The summed E-state index contributed by atoms with van der Waals surface area (Å²) in [5.74, 6) is -0.148. The van der Waals surface area contributed by atoms with E-state index in [0.717, 1.165) is 5.56 Å². The standard InChI is InChI=1S/C8H10N2O.C2H6.H2/c1-6-3-4-7(10-5-6)8(11)9-2;1-2;/h3-5H,1-2H3,(H,9,11);1-2H3;1H. The minimum atomic E-state index is -0.148. The molecule has 1 aromatic heterocycles. The Morgan fingerprint density at radius 3 is 2.46 bits per heavy atom. The predicted molar refractivity (Wildman–Crippen MR) is 55.8 cm³/mol.